The Bertz CT molecular complexity index is 432. The third kappa shape index (κ3) is 3.61. The molecule has 0 fully saturated rings. The van der Waals surface area contributed by atoms with Gasteiger partial charge < -0.3 is 4.74 Å². The zero-order valence-corrected chi connectivity index (χ0v) is 10.8. The molecule has 16 heavy (non-hydrogen) atoms. The summed E-state index contributed by atoms with van der Waals surface area (Å²) in [5.74, 6) is -1.00. The van der Waals surface area contributed by atoms with Crippen molar-refractivity contribution in [3.05, 3.63) is 39.1 Å². The molecule has 0 saturated carbocycles. The molecule has 1 rings (SSSR count). The van der Waals surface area contributed by atoms with Crippen molar-refractivity contribution < 1.29 is 13.9 Å². The molecule has 0 unspecified atom stereocenters. The van der Waals surface area contributed by atoms with E-state index in [-0.39, 0.29) is 5.02 Å². The molecular formula is C11H9BrClFO2. The molecule has 0 N–H and O–H groups in total. The first kappa shape index (κ1) is 13.2. The van der Waals surface area contributed by atoms with Crippen molar-refractivity contribution in [2.24, 2.45) is 0 Å². The molecule has 0 atom stereocenters. The standard InChI is InChI=1S/C11H9BrClFO2/c1-2-16-11(15)4-3-7-5-10(14)9(13)6-8(7)12/h3-6H,2H2,1H3. The van der Waals surface area contributed by atoms with Crippen LogP contribution in [0.1, 0.15) is 12.5 Å². The van der Waals surface area contributed by atoms with E-state index in [9.17, 15) is 9.18 Å². The van der Waals surface area contributed by atoms with Gasteiger partial charge in [0.2, 0.25) is 0 Å². The summed E-state index contributed by atoms with van der Waals surface area (Å²) in [6, 6.07) is 2.67. The van der Waals surface area contributed by atoms with Crippen LogP contribution in [0, 0.1) is 5.82 Å². The molecule has 0 spiro atoms. The summed E-state index contributed by atoms with van der Waals surface area (Å²) in [7, 11) is 0. The van der Waals surface area contributed by atoms with Gasteiger partial charge >= 0.3 is 5.97 Å². The summed E-state index contributed by atoms with van der Waals surface area (Å²) in [6.07, 6.45) is 2.69. The minimum atomic E-state index is -0.534. The molecule has 0 heterocycles. The van der Waals surface area contributed by atoms with Gasteiger partial charge in [0.15, 0.2) is 0 Å². The number of hydrogen-bond acceptors (Lipinski definition) is 2. The fraction of sp³-hybridized carbons (Fsp3) is 0.182. The SMILES string of the molecule is CCOC(=O)C=Cc1cc(F)c(Cl)cc1Br. The second-order valence-electron chi connectivity index (χ2n) is 2.87. The van der Waals surface area contributed by atoms with E-state index in [4.69, 9.17) is 16.3 Å². The lowest BCUT2D eigenvalue weighted by atomic mass is 10.2. The van der Waals surface area contributed by atoms with Gasteiger partial charge in [0.25, 0.3) is 0 Å². The van der Waals surface area contributed by atoms with Crippen molar-refractivity contribution >= 4 is 39.6 Å². The number of hydrogen-bond donors (Lipinski definition) is 0. The molecule has 0 aliphatic rings. The quantitative estimate of drug-likeness (QED) is 0.482. The van der Waals surface area contributed by atoms with E-state index in [1.165, 1.54) is 24.3 Å². The van der Waals surface area contributed by atoms with E-state index in [0.717, 1.165) is 0 Å². The van der Waals surface area contributed by atoms with Crippen molar-refractivity contribution in [1.82, 2.24) is 0 Å². The van der Waals surface area contributed by atoms with E-state index in [0.29, 0.717) is 16.6 Å². The van der Waals surface area contributed by atoms with Gasteiger partial charge in [0.05, 0.1) is 11.6 Å². The van der Waals surface area contributed by atoms with Crippen LogP contribution in [0.3, 0.4) is 0 Å². The zero-order valence-electron chi connectivity index (χ0n) is 8.47. The van der Waals surface area contributed by atoms with Crippen molar-refractivity contribution in [2.45, 2.75) is 6.92 Å². The number of carbonyl (C=O) groups is 1. The minimum Gasteiger partial charge on any atom is -0.463 e. The van der Waals surface area contributed by atoms with Gasteiger partial charge in [-0.1, -0.05) is 27.5 Å². The number of rotatable bonds is 3. The second-order valence-corrected chi connectivity index (χ2v) is 4.13. The lowest BCUT2D eigenvalue weighted by Crippen LogP contribution is -1.98. The molecule has 1 aromatic rings. The Hall–Kier alpha value is -0.870. The molecule has 0 bridgehead atoms. The third-order valence-corrected chi connectivity index (χ3v) is 2.70. The number of ether oxygens (including phenoxy) is 1. The largest absolute Gasteiger partial charge is 0.463 e. The van der Waals surface area contributed by atoms with Crippen LogP contribution in [0.15, 0.2) is 22.7 Å². The Balaban J connectivity index is 2.89. The Morgan fingerprint density at radius 2 is 2.31 bits per heavy atom. The number of halogens is 3. The number of esters is 1. The summed E-state index contributed by atoms with van der Waals surface area (Å²) in [4.78, 5) is 11.0. The Morgan fingerprint density at radius 3 is 2.94 bits per heavy atom. The van der Waals surface area contributed by atoms with Crippen LogP contribution in [-0.2, 0) is 9.53 Å². The normalized spacial score (nSPS) is 10.8. The van der Waals surface area contributed by atoms with E-state index >= 15 is 0 Å². The average Bonchev–Trinajstić information content (AvgIpc) is 2.22. The molecular weight excluding hydrogens is 298 g/mol. The van der Waals surface area contributed by atoms with Crippen LogP contribution in [0.4, 0.5) is 4.39 Å². The van der Waals surface area contributed by atoms with Gasteiger partial charge in [-0.25, -0.2) is 9.18 Å². The summed E-state index contributed by atoms with van der Waals surface area (Å²) in [6.45, 7) is 2.02. The van der Waals surface area contributed by atoms with Crippen molar-refractivity contribution in [3.8, 4) is 0 Å². The topological polar surface area (TPSA) is 26.3 Å². The van der Waals surface area contributed by atoms with Crippen molar-refractivity contribution in [2.75, 3.05) is 6.61 Å². The van der Waals surface area contributed by atoms with Crippen LogP contribution < -0.4 is 0 Å². The second kappa shape index (κ2) is 6.01. The fourth-order valence-electron chi connectivity index (χ4n) is 1.01. The first-order valence-electron chi connectivity index (χ1n) is 4.54. The lowest BCUT2D eigenvalue weighted by Gasteiger charge is -2.01. The molecule has 2 nitrogen and oxygen atoms in total. The zero-order chi connectivity index (χ0) is 12.1. The third-order valence-electron chi connectivity index (χ3n) is 1.73. The smallest absolute Gasteiger partial charge is 0.330 e. The summed E-state index contributed by atoms with van der Waals surface area (Å²) in [5, 5.41) is 0.0279. The Morgan fingerprint density at radius 1 is 1.62 bits per heavy atom. The van der Waals surface area contributed by atoms with Crippen molar-refractivity contribution in [1.29, 1.82) is 0 Å². The summed E-state index contributed by atoms with van der Waals surface area (Å²) >= 11 is 8.79. The van der Waals surface area contributed by atoms with Crippen molar-refractivity contribution in [3.63, 3.8) is 0 Å². The number of benzene rings is 1. The first-order chi connectivity index (χ1) is 7.54. The highest BCUT2D eigenvalue weighted by atomic mass is 79.9. The first-order valence-corrected chi connectivity index (χ1v) is 5.71. The molecule has 0 amide bonds. The van der Waals surface area contributed by atoms with Gasteiger partial charge in [0, 0.05) is 10.5 Å². The molecule has 1 aromatic carbocycles. The van der Waals surface area contributed by atoms with E-state index in [1.54, 1.807) is 6.92 Å². The maximum absolute atomic E-state index is 13.1. The molecule has 0 aromatic heterocycles. The fourth-order valence-corrected chi connectivity index (χ4v) is 1.78. The Labute approximate surface area is 106 Å². The highest BCUT2D eigenvalue weighted by Crippen LogP contribution is 2.25. The van der Waals surface area contributed by atoms with Gasteiger partial charge in [-0.2, -0.15) is 0 Å². The van der Waals surface area contributed by atoms with Crippen LogP contribution in [0.2, 0.25) is 5.02 Å². The monoisotopic (exact) mass is 306 g/mol. The highest BCUT2D eigenvalue weighted by Gasteiger charge is 2.05. The van der Waals surface area contributed by atoms with E-state index in [1.807, 2.05) is 0 Å². The van der Waals surface area contributed by atoms with Gasteiger partial charge in [-0.3, -0.25) is 0 Å². The molecule has 0 aliphatic heterocycles. The summed E-state index contributed by atoms with van der Waals surface area (Å²) < 4.78 is 18.4. The van der Waals surface area contributed by atoms with E-state index < -0.39 is 11.8 Å². The lowest BCUT2D eigenvalue weighted by molar-refractivity contribution is -0.137. The molecule has 86 valence electrons. The average molecular weight is 308 g/mol. The predicted molar refractivity (Wildman–Crippen MR) is 64.8 cm³/mol. The van der Waals surface area contributed by atoms with Crippen LogP contribution in [-0.4, -0.2) is 12.6 Å². The maximum Gasteiger partial charge on any atom is 0.330 e. The van der Waals surface area contributed by atoms with Gasteiger partial charge in [-0.15, -0.1) is 0 Å². The summed E-state index contributed by atoms with van der Waals surface area (Å²) in [5.41, 5.74) is 0.523. The maximum atomic E-state index is 13.1. The van der Waals surface area contributed by atoms with Gasteiger partial charge in [-0.05, 0) is 30.7 Å². The molecule has 0 saturated heterocycles. The highest BCUT2D eigenvalue weighted by molar-refractivity contribution is 9.10. The Kier molecular flexibility index (Phi) is 4.96. The van der Waals surface area contributed by atoms with Crippen LogP contribution in [0.5, 0.6) is 0 Å². The molecule has 0 aliphatic carbocycles. The predicted octanol–water partition coefficient (Wildman–Crippen LogP) is 3.82. The minimum absolute atomic E-state index is 0.0279. The molecule has 0 radical (unpaired) electrons. The van der Waals surface area contributed by atoms with Crippen LogP contribution >= 0.6 is 27.5 Å². The molecule has 5 heteroatoms. The van der Waals surface area contributed by atoms with Gasteiger partial charge in [0.1, 0.15) is 5.82 Å². The number of carbonyl (C=O) groups excluding carboxylic acids is 1. The van der Waals surface area contributed by atoms with E-state index in [2.05, 4.69) is 15.9 Å². The van der Waals surface area contributed by atoms with Crippen LogP contribution in [0.25, 0.3) is 6.08 Å².